The minimum absolute atomic E-state index is 0.0462. The fourth-order valence-corrected chi connectivity index (χ4v) is 2.84. The van der Waals surface area contributed by atoms with Crippen LogP contribution < -0.4 is 5.32 Å². The number of anilines is 1. The number of nitrogens with zero attached hydrogens (tertiary/aromatic N) is 1. The van der Waals surface area contributed by atoms with Gasteiger partial charge in [-0.05, 0) is 51.5 Å². The van der Waals surface area contributed by atoms with E-state index in [1.54, 1.807) is 58.0 Å². The molecule has 0 bridgehead atoms. The minimum atomic E-state index is -0.816. The smallest absolute Gasteiger partial charge is 0.411 e. The summed E-state index contributed by atoms with van der Waals surface area (Å²) in [7, 11) is 0. The summed E-state index contributed by atoms with van der Waals surface area (Å²) in [4.78, 5) is 37.6. The number of amides is 2. The number of β-amino-alcohol motifs (C(OH)–C–C–N with tert-alkyl or cyclic N) is 1. The predicted molar refractivity (Wildman–Crippen MR) is 108 cm³/mol. The van der Waals surface area contributed by atoms with E-state index < -0.39 is 35.7 Å². The lowest BCUT2D eigenvalue weighted by atomic mass is 10.1. The van der Waals surface area contributed by atoms with Gasteiger partial charge in [0.15, 0.2) is 0 Å². The normalized spacial score (nSPS) is 19.3. The number of aliphatic hydroxyl groups is 1. The lowest BCUT2D eigenvalue weighted by molar-refractivity contribution is -0.137. The second-order valence-corrected chi connectivity index (χ2v) is 7.73. The molecule has 1 aliphatic heterocycles. The number of hydrogen-bond acceptors (Lipinski definition) is 6. The van der Waals surface area contributed by atoms with Gasteiger partial charge in [-0.2, -0.15) is 0 Å². The molecule has 29 heavy (non-hydrogen) atoms. The molecule has 0 radical (unpaired) electrons. The standard InChI is InChI=1S/C21H28N2O6/c1-5-28-18(25)11-8-14-6-9-15(10-7-14)22-19(26)17-12-16(24)13-23(17)20(27)29-21(2,3)4/h6-11,16-17,24H,5,12-13H2,1-4H3,(H,22,26)/t16-,17-/m0/s1. The van der Waals surface area contributed by atoms with Crippen LogP contribution in [0, 0.1) is 0 Å². The molecule has 8 nitrogen and oxygen atoms in total. The molecule has 2 rings (SSSR count). The number of rotatable bonds is 5. The third-order valence-electron chi connectivity index (χ3n) is 4.09. The SMILES string of the molecule is CCOC(=O)C=Cc1ccc(NC(=O)[C@@H]2C[C@H](O)CN2C(=O)OC(C)(C)C)cc1. The average Bonchev–Trinajstić information content (AvgIpc) is 3.02. The Bertz CT molecular complexity index is 766. The van der Waals surface area contributed by atoms with Crippen molar-refractivity contribution in [2.75, 3.05) is 18.5 Å². The summed E-state index contributed by atoms with van der Waals surface area (Å²) >= 11 is 0. The van der Waals surface area contributed by atoms with Crippen LogP contribution in [0.1, 0.15) is 39.7 Å². The highest BCUT2D eigenvalue weighted by Gasteiger charge is 2.40. The molecule has 8 heteroatoms. The summed E-state index contributed by atoms with van der Waals surface area (Å²) in [6, 6.07) is 6.03. The summed E-state index contributed by atoms with van der Waals surface area (Å²) in [5, 5.41) is 12.7. The van der Waals surface area contributed by atoms with Crippen molar-refractivity contribution in [1.29, 1.82) is 0 Å². The van der Waals surface area contributed by atoms with Gasteiger partial charge in [-0.3, -0.25) is 9.69 Å². The molecule has 0 aliphatic carbocycles. The number of aliphatic hydroxyl groups excluding tert-OH is 1. The van der Waals surface area contributed by atoms with Gasteiger partial charge in [0.05, 0.1) is 19.3 Å². The summed E-state index contributed by atoms with van der Waals surface area (Å²) in [5.74, 6) is -0.825. The highest BCUT2D eigenvalue weighted by Crippen LogP contribution is 2.23. The summed E-state index contributed by atoms with van der Waals surface area (Å²) in [6.07, 6.45) is 1.67. The lowest BCUT2D eigenvalue weighted by Crippen LogP contribution is -2.45. The van der Waals surface area contributed by atoms with Gasteiger partial charge in [0.1, 0.15) is 11.6 Å². The predicted octanol–water partition coefficient (Wildman–Crippen LogP) is 2.57. The molecule has 2 N–H and O–H groups in total. The van der Waals surface area contributed by atoms with Crippen molar-refractivity contribution >= 4 is 29.7 Å². The zero-order valence-electron chi connectivity index (χ0n) is 17.2. The Balaban J connectivity index is 2.01. The monoisotopic (exact) mass is 404 g/mol. The molecule has 1 saturated heterocycles. The second kappa shape index (κ2) is 9.56. The van der Waals surface area contributed by atoms with E-state index in [1.165, 1.54) is 11.0 Å². The van der Waals surface area contributed by atoms with Crippen LogP contribution in [-0.4, -0.2) is 58.9 Å². The van der Waals surface area contributed by atoms with Crippen LogP contribution in [0.15, 0.2) is 30.3 Å². The van der Waals surface area contributed by atoms with E-state index >= 15 is 0 Å². The van der Waals surface area contributed by atoms with Gasteiger partial charge < -0.3 is 19.9 Å². The van der Waals surface area contributed by atoms with E-state index in [-0.39, 0.29) is 13.0 Å². The largest absolute Gasteiger partial charge is 0.463 e. The topological polar surface area (TPSA) is 105 Å². The number of benzene rings is 1. The summed E-state index contributed by atoms with van der Waals surface area (Å²) in [5.41, 5.74) is 0.606. The van der Waals surface area contributed by atoms with Crippen LogP contribution in [0.5, 0.6) is 0 Å². The third-order valence-corrected chi connectivity index (χ3v) is 4.09. The number of ether oxygens (including phenoxy) is 2. The first-order valence-corrected chi connectivity index (χ1v) is 9.52. The zero-order valence-corrected chi connectivity index (χ0v) is 17.2. The Morgan fingerprint density at radius 2 is 1.90 bits per heavy atom. The van der Waals surface area contributed by atoms with Crippen molar-refractivity contribution in [2.24, 2.45) is 0 Å². The quantitative estimate of drug-likeness (QED) is 0.577. The van der Waals surface area contributed by atoms with Crippen molar-refractivity contribution in [2.45, 2.75) is 51.9 Å². The van der Waals surface area contributed by atoms with Crippen molar-refractivity contribution in [3.63, 3.8) is 0 Å². The lowest BCUT2D eigenvalue weighted by Gasteiger charge is -2.27. The fraction of sp³-hybridized carbons (Fsp3) is 0.476. The Morgan fingerprint density at radius 3 is 2.48 bits per heavy atom. The van der Waals surface area contributed by atoms with Gasteiger partial charge in [-0.1, -0.05) is 12.1 Å². The molecule has 1 aromatic rings. The van der Waals surface area contributed by atoms with Crippen LogP contribution in [0.4, 0.5) is 10.5 Å². The molecule has 0 unspecified atom stereocenters. The number of carbonyl (C=O) groups excluding carboxylic acids is 3. The maximum Gasteiger partial charge on any atom is 0.411 e. The Hall–Kier alpha value is -2.87. The summed E-state index contributed by atoms with van der Waals surface area (Å²) in [6.45, 7) is 7.31. The molecule has 2 amide bonds. The molecule has 1 aliphatic rings. The van der Waals surface area contributed by atoms with Crippen molar-refractivity contribution in [3.05, 3.63) is 35.9 Å². The molecule has 158 valence electrons. The van der Waals surface area contributed by atoms with E-state index in [4.69, 9.17) is 9.47 Å². The van der Waals surface area contributed by atoms with E-state index in [0.717, 1.165) is 5.56 Å². The van der Waals surface area contributed by atoms with Crippen molar-refractivity contribution < 1.29 is 29.0 Å². The molecule has 1 heterocycles. The van der Waals surface area contributed by atoms with Gasteiger partial charge in [0.2, 0.25) is 5.91 Å². The number of nitrogens with one attached hydrogen (secondary N) is 1. The third kappa shape index (κ3) is 6.90. The van der Waals surface area contributed by atoms with Gasteiger partial charge in [-0.25, -0.2) is 9.59 Å². The number of hydrogen-bond donors (Lipinski definition) is 2. The molecular formula is C21H28N2O6. The van der Waals surface area contributed by atoms with Gasteiger partial charge in [0.25, 0.3) is 0 Å². The number of likely N-dealkylation sites (tertiary alicyclic amines) is 1. The van der Waals surface area contributed by atoms with Gasteiger partial charge in [-0.15, -0.1) is 0 Å². The van der Waals surface area contributed by atoms with Gasteiger partial charge in [0, 0.05) is 18.2 Å². The second-order valence-electron chi connectivity index (χ2n) is 7.73. The van der Waals surface area contributed by atoms with Crippen LogP contribution in [0.3, 0.4) is 0 Å². The number of esters is 1. The zero-order chi connectivity index (χ0) is 21.6. The molecule has 0 spiro atoms. The molecule has 0 saturated carbocycles. The molecule has 2 atom stereocenters. The highest BCUT2D eigenvalue weighted by molar-refractivity contribution is 5.97. The van der Waals surface area contributed by atoms with Crippen LogP contribution in [0.2, 0.25) is 0 Å². The van der Waals surface area contributed by atoms with Crippen LogP contribution in [-0.2, 0) is 19.1 Å². The molecular weight excluding hydrogens is 376 g/mol. The highest BCUT2D eigenvalue weighted by atomic mass is 16.6. The Morgan fingerprint density at radius 1 is 1.24 bits per heavy atom. The summed E-state index contributed by atoms with van der Waals surface area (Å²) < 4.78 is 10.1. The fourth-order valence-electron chi connectivity index (χ4n) is 2.84. The Kier molecular flexibility index (Phi) is 7.39. The maximum absolute atomic E-state index is 12.7. The first-order valence-electron chi connectivity index (χ1n) is 9.52. The van der Waals surface area contributed by atoms with Crippen LogP contribution >= 0.6 is 0 Å². The minimum Gasteiger partial charge on any atom is -0.463 e. The van der Waals surface area contributed by atoms with E-state index in [9.17, 15) is 19.5 Å². The molecule has 1 aromatic carbocycles. The number of carbonyl (C=O) groups is 3. The Labute approximate surface area is 170 Å². The van der Waals surface area contributed by atoms with Crippen molar-refractivity contribution in [1.82, 2.24) is 4.90 Å². The first kappa shape index (κ1) is 22.4. The first-order chi connectivity index (χ1) is 13.6. The van der Waals surface area contributed by atoms with Crippen molar-refractivity contribution in [3.8, 4) is 0 Å². The van der Waals surface area contributed by atoms with E-state index in [0.29, 0.717) is 12.3 Å². The maximum atomic E-state index is 12.7. The molecule has 1 fully saturated rings. The van der Waals surface area contributed by atoms with E-state index in [1.807, 2.05) is 0 Å². The van der Waals surface area contributed by atoms with Gasteiger partial charge >= 0.3 is 12.1 Å². The molecule has 0 aromatic heterocycles. The average molecular weight is 404 g/mol. The van der Waals surface area contributed by atoms with E-state index in [2.05, 4.69) is 5.32 Å². The van der Waals surface area contributed by atoms with Crippen LogP contribution in [0.25, 0.3) is 6.08 Å².